The van der Waals surface area contributed by atoms with Crippen molar-refractivity contribution in [2.75, 3.05) is 13.2 Å². The Morgan fingerprint density at radius 2 is 1.24 bits per heavy atom. The zero-order valence-corrected chi connectivity index (χ0v) is 13.5. The minimum Gasteiger partial charge on any atom is -0.348 e. The van der Waals surface area contributed by atoms with E-state index in [1.165, 1.54) is 0 Å². The second-order valence-electron chi connectivity index (χ2n) is 7.75. The summed E-state index contributed by atoms with van der Waals surface area (Å²) >= 11 is 0. The highest BCUT2D eigenvalue weighted by molar-refractivity contribution is 5.34. The standard InChI is InChI=1S/C15H24O6/c1-11(2)14(9-7-16-12(3,4)18-9)15(20-11,21-14)10-8-17-13(5,6)19-10/h9-10H,7-8H2,1-6H3/t9-,10-,14+,15-/m1/s1. The van der Waals surface area contributed by atoms with Crippen molar-refractivity contribution in [2.45, 2.75) is 82.3 Å². The molecule has 0 saturated carbocycles. The largest absolute Gasteiger partial charge is 0.348 e. The molecule has 0 amide bonds. The van der Waals surface area contributed by atoms with Crippen molar-refractivity contribution in [2.24, 2.45) is 0 Å². The summed E-state index contributed by atoms with van der Waals surface area (Å²) in [6.07, 6.45) is -0.406. The molecule has 0 spiro atoms. The van der Waals surface area contributed by atoms with Crippen LogP contribution < -0.4 is 0 Å². The zero-order chi connectivity index (χ0) is 15.3. The maximum Gasteiger partial charge on any atom is 0.234 e. The van der Waals surface area contributed by atoms with Gasteiger partial charge in [0.25, 0.3) is 0 Å². The van der Waals surface area contributed by atoms with Crippen LogP contribution in [0.25, 0.3) is 0 Å². The highest BCUT2D eigenvalue weighted by atomic mass is 16.9. The van der Waals surface area contributed by atoms with Gasteiger partial charge in [0.2, 0.25) is 5.79 Å². The monoisotopic (exact) mass is 300 g/mol. The number of epoxide rings is 1. The molecule has 4 rings (SSSR count). The van der Waals surface area contributed by atoms with Gasteiger partial charge in [-0.1, -0.05) is 0 Å². The summed E-state index contributed by atoms with van der Waals surface area (Å²) < 4.78 is 35.6. The van der Waals surface area contributed by atoms with Gasteiger partial charge in [-0.2, -0.15) is 0 Å². The molecule has 120 valence electrons. The van der Waals surface area contributed by atoms with Gasteiger partial charge >= 0.3 is 0 Å². The molecular formula is C15H24O6. The SMILES string of the molecule is CC1(C)OC[C@H]([C@]23OC(C)(C)[C@]2([C@H]2COC(C)(C)O2)O3)O1. The second-order valence-corrected chi connectivity index (χ2v) is 7.75. The Kier molecular flexibility index (Phi) is 2.48. The van der Waals surface area contributed by atoms with Crippen LogP contribution in [0, 0.1) is 0 Å². The summed E-state index contributed by atoms with van der Waals surface area (Å²) in [5.74, 6) is -1.96. The average Bonchev–Trinajstić information content (AvgIpc) is 2.59. The maximum atomic E-state index is 6.14. The highest BCUT2D eigenvalue weighted by Crippen LogP contribution is 2.72. The van der Waals surface area contributed by atoms with Gasteiger partial charge in [0.1, 0.15) is 17.8 Å². The molecule has 21 heavy (non-hydrogen) atoms. The van der Waals surface area contributed by atoms with Crippen LogP contribution in [-0.2, 0) is 28.4 Å². The first kappa shape index (κ1) is 14.4. The first-order valence-corrected chi connectivity index (χ1v) is 7.58. The van der Waals surface area contributed by atoms with Crippen molar-refractivity contribution >= 4 is 0 Å². The van der Waals surface area contributed by atoms with Gasteiger partial charge in [0.15, 0.2) is 17.2 Å². The Morgan fingerprint density at radius 1 is 0.714 bits per heavy atom. The quantitative estimate of drug-likeness (QED) is 0.721. The van der Waals surface area contributed by atoms with Crippen LogP contribution in [0.3, 0.4) is 0 Å². The molecule has 0 unspecified atom stereocenters. The first-order valence-electron chi connectivity index (χ1n) is 7.58. The Balaban J connectivity index is 1.60. The van der Waals surface area contributed by atoms with Gasteiger partial charge < -0.3 is 28.4 Å². The fourth-order valence-corrected chi connectivity index (χ4v) is 4.07. The van der Waals surface area contributed by atoms with Crippen molar-refractivity contribution in [1.82, 2.24) is 0 Å². The van der Waals surface area contributed by atoms with E-state index < -0.39 is 28.6 Å². The van der Waals surface area contributed by atoms with Crippen molar-refractivity contribution in [1.29, 1.82) is 0 Å². The Bertz CT molecular complexity index is 487. The molecule has 6 nitrogen and oxygen atoms in total. The molecule has 0 N–H and O–H groups in total. The number of rotatable bonds is 2. The predicted molar refractivity (Wildman–Crippen MR) is 71.5 cm³/mol. The van der Waals surface area contributed by atoms with E-state index in [1.54, 1.807) is 0 Å². The van der Waals surface area contributed by atoms with Crippen molar-refractivity contribution in [3.63, 3.8) is 0 Å². The summed E-state index contributed by atoms with van der Waals surface area (Å²) in [4.78, 5) is 0. The van der Waals surface area contributed by atoms with Crippen LogP contribution in [0.1, 0.15) is 41.5 Å². The summed E-state index contributed by atoms with van der Waals surface area (Å²) in [6.45, 7) is 12.6. The average molecular weight is 300 g/mol. The third-order valence-corrected chi connectivity index (χ3v) is 4.98. The van der Waals surface area contributed by atoms with Crippen LogP contribution in [0.15, 0.2) is 0 Å². The lowest BCUT2D eigenvalue weighted by Gasteiger charge is -2.48. The van der Waals surface area contributed by atoms with E-state index in [4.69, 9.17) is 28.4 Å². The number of hydrogen-bond donors (Lipinski definition) is 0. The van der Waals surface area contributed by atoms with Crippen LogP contribution in [0.2, 0.25) is 0 Å². The summed E-state index contributed by atoms with van der Waals surface area (Å²) in [5.41, 5.74) is -0.959. The van der Waals surface area contributed by atoms with Gasteiger partial charge in [-0.3, -0.25) is 0 Å². The van der Waals surface area contributed by atoms with E-state index in [2.05, 4.69) is 0 Å². The minimum absolute atomic E-state index is 0.163. The second kappa shape index (κ2) is 3.63. The van der Waals surface area contributed by atoms with Crippen LogP contribution in [0.4, 0.5) is 0 Å². The molecule has 0 bridgehead atoms. The molecule has 4 saturated heterocycles. The molecular weight excluding hydrogens is 276 g/mol. The molecule has 4 fully saturated rings. The molecule has 4 aliphatic heterocycles. The van der Waals surface area contributed by atoms with Crippen molar-refractivity contribution < 1.29 is 28.4 Å². The molecule has 0 aromatic rings. The number of ether oxygens (including phenoxy) is 6. The van der Waals surface area contributed by atoms with Crippen LogP contribution in [0.5, 0.6) is 0 Å². The lowest BCUT2D eigenvalue weighted by Crippen LogP contribution is -2.70. The molecule has 6 heteroatoms. The van der Waals surface area contributed by atoms with E-state index in [9.17, 15) is 0 Å². The Labute approximate surface area is 125 Å². The van der Waals surface area contributed by atoms with Crippen LogP contribution >= 0.6 is 0 Å². The zero-order valence-electron chi connectivity index (χ0n) is 13.5. The van der Waals surface area contributed by atoms with Gasteiger partial charge in [-0.25, -0.2) is 0 Å². The number of fused-ring (bicyclic) bond motifs is 1. The molecule has 4 atom stereocenters. The van der Waals surface area contributed by atoms with Crippen molar-refractivity contribution in [3.05, 3.63) is 0 Å². The fourth-order valence-electron chi connectivity index (χ4n) is 4.07. The molecule has 0 aromatic heterocycles. The number of hydrogen-bond acceptors (Lipinski definition) is 6. The molecule has 4 aliphatic rings. The maximum absolute atomic E-state index is 6.14. The summed E-state index contributed by atoms with van der Waals surface area (Å²) in [7, 11) is 0. The fraction of sp³-hybridized carbons (Fsp3) is 1.00. The van der Waals surface area contributed by atoms with Crippen molar-refractivity contribution in [3.8, 4) is 0 Å². The third-order valence-electron chi connectivity index (χ3n) is 4.98. The highest BCUT2D eigenvalue weighted by Gasteiger charge is 2.95. The van der Waals surface area contributed by atoms with E-state index in [0.717, 1.165) is 0 Å². The smallest absolute Gasteiger partial charge is 0.234 e. The summed E-state index contributed by atoms with van der Waals surface area (Å²) in [5, 5.41) is 0. The minimum atomic E-state index is -0.765. The topological polar surface area (TPSA) is 58.7 Å². The lowest BCUT2D eigenvalue weighted by molar-refractivity contribution is -0.277. The van der Waals surface area contributed by atoms with Gasteiger partial charge in [-0.05, 0) is 41.5 Å². The molecule has 0 aliphatic carbocycles. The normalized spacial score (nSPS) is 52.3. The Morgan fingerprint density at radius 3 is 1.67 bits per heavy atom. The molecule has 0 radical (unpaired) electrons. The third kappa shape index (κ3) is 1.63. The first-order chi connectivity index (χ1) is 9.54. The van der Waals surface area contributed by atoms with Gasteiger partial charge in [0, 0.05) is 0 Å². The lowest BCUT2D eigenvalue weighted by atomic mass is 9.73. The van der Waals surface area contributed by atoms with E-state index in [1.807, 2.05) is 41.5 Å². The Hall–Kier alpha value is -0.240. The van der Waals surface area contributed by atoms with Gasteiger partial charge in [-0.15, -0.1) is 0 Å². The predicted octanol–water partition coefficient (Wildman–Crippen LogP) is 1.56. The molecule has 4 heterocycles. The summed E-state index contributed by atoms with van der Waals surface area (Å²) in [6, 6.07) is 0. The van der Waals surface area contributed by atoms with Gasteiger partial charge in [0.05, 0.1) is 13.2 Å². The van der Waals surface area contributed by atoms with E-state index >= 15 is 0 Å². The van der Waals surface area contributed by atoms with E-state index in [-0.39, 0.29) is 12.2 Å². The van der Waals surface area contributed by atoms with E-state index in [0.29, 0.717) is 13.2 Å². The van der Waals surface area contributed by atoms with Crippen LogP contribution in [-0.4, -0.2) is 54.0 Å². The molecule has 0 aromatic carbocycles.